The van der Waals surface area contributed by atoms with Crippen molar-refractivity contribution in [1.82, 2.24) is 4.90 Å². The number of hydrogen-bond acceptors (Lipinski definition) is 3. The number of carbonyl (C=O) groups excluding carboxylic acids is 1. The van der Waals surface area contributed by atoms with E-state index in [-0.39, 0.29) is 5.78 Å². The van der Waals surface area contributed by atoms with Crippen LogP contribution in [0, 0.1) is 0 Å². The lowest BCUT2D eigenvalue weighted by Gasteiger charge is -2.30. The van der Waals surface area contributed by atoms with E-state index in [0.29, 0.717) is 41.4 Å². The van der Waals surface area contributed by atoms with E-state index in [9.17, 15) is 4.79 Å². The Kier molecular flexibility index (Phi) is 7.91. The molecular formula is C18H28ClNO2. The van der Waals surface area contributed by atoms with Gasteiger partial charge in [-0.05, 0) is 52.3 Å². The fourth-order valence-electron chi connectivity index (χ4n) is 2.58. The van der Waals surface area contributed by atoms with Crippen molar-refractivity contribution in [3.8, 4) is 5.75 Å². The minimum atomic E-state index is 0.0876. The third kappa shape index (κ3) is 5.62. The summed E-state index contributed by atoms with van der Waals surface area (Å²) >= 11 is 6.01. The second-order valence-electron chi connectivity index (χ2n) is 6.09. The number of ether oxygens (including phenoxy) is 1. The second-order valence-corrected chi connectivity index (χ2v) is 6.52. The summed E-state index contributed by atoms with van der Waals surface area (Å²) in [5.74, 6) is 0.722. The maximum Gasteiger partial charge on any atom is 0.166 e. The SMILES string of the molecule is CCCC(=O)c1cc(Cl)ccc1OCCN(C(C)C)C(C)C. The summed E-state index contributed by atoms with van der Waals surface area (Å²) in [6, 6.07) is 6.20. The molecule has 3 nitrogen and oxygen atoms in total. The monoisotopic (exact) mass is 325 g/mol. The highest BCUT2D eigenvalue weighted by Crippen LogP contribution is 2.25. The van der Waals surface area contributed by atoms with E-state index in [2.05, 4.69) is 32.6 Å². The highest BCUT2D eigenvalue weighted by atomic mass is 35.5. The van der Waals surface area contributed by atoms with Crippen molar-refractivity contribution in [3.05, 3.63) is 28.8 Å². The van der Waals surface area contributed by atoms with Gasteiger partial charge in [0.15, 0.2) is 5.78 Å². The van der Waals surface area contributed by atoms with Gasteiger partial charge >= 0.3 is 0 Å². The first kappa shape index (κ1) is 19.0. The lowest BCUT2D eigenvalue weighted by atomic mass is 10.1. The van der Waals surface area contributed by atoms with Crippen molar-refractivity contribution < 1.29 is 9.53 Å². The Balaban J connectivity index is 2.75. The number of rotatable bonds is 9. The number of benzene rings is 1. The van der Waals surface area contributed by atoms with Gasteiger partial charge in [0, 0.05) is 30.1 Å². The standard InChI is InChI=1S/C18H28ClNO2/c1-6-7-17(21)16-12-15(19)8-9-18(16)22-11-10-20(13(2)3)14(4)5/h8-9,12-14H,6-7,10-11H2,1-5H3. The molecule has 1 aromatic rings. The van der Waals surface area contributed by atoms with Gasteiger partial charge in [-0.2, -0.15) is 0 Å². The third-order valence-corrected chi connectivity index (χ3v) is 3.89. The third-order valence-electron chi connectivity index (χ3n) is 3.65. The second kappa shape index (κ2) is 9.16. The van der Waals surface area contributed by atoms with Gasteiger partial charge in [-0.3, -0.25) is 9.69 Å². The molecule has 0 aromatic heterocycles. The van der Waals surface area contributed by atoms with Crippen molar-refractivity contribution in [2.75, 3.05) is 13.2 Å². The van der Waals surface area contributed by atoms with Gasteiger partial charge in [0.25, 0.3) is 0 Å². The molecule has 0 saturated carbocycles. The summed E-state index contributed by atoms with van der Waals surface area (Å²) in [7, 11) is 0. The zero-order valence-corrected chi connectivity index (χ0v) is 15.1. The average molecular weight is 326 g/mol. The molecule has 0 N–H and O–H groups in total. The van der Waals surface area contributed by atoms with Crippen LogP contribution in [0.15, 0.2) is 18.2 Å². The summed E-state index contributed by atoms with van der Waals surface area (Å²) in [6.45, 7) is 12.1. The van der Waals surface area contributed by atoms with E-state index < -0.39 is 0 Å². The van der Waals surface area contributed by atoms with Crippen LogP contribution in [0.3, 0.4) is 0 Å². The summed E-state index contributed by atoms with van der Waals surface area (Å²) in [4.78, 5) is 14.5. The first-order valence-electron chi connectivity index (χ1n) is 8.08. The molecule has 1 rings (SSSR count). The molecule has 0 amide bonds. The quantitative estimate of drug-likeness (QED) is 0.609. The molecule has 4 heteroatoms. The van der Waals surface area contributed by atoms with Crippen LogP contribution in [0.4, 0.5) is 0 Å². The first-order chi connectivity index (χ1) is 10.4. The Morgan fingerprint density at radius 1 is 1.23 bits per heavy atom. The Morgan fingerprint density at radius 3 is 2.41 bits per heavy atom. The van der Waals surface area contributed by atoms with E-state index >= 15 is 0 Å². The average Bonchev–Trinajstić information content (AvgIpc) is 2.44. The zero-order chi connectivity index (χ0) is 16.7. The predicted octanol–water partition coefficient (Wildman–Crippen LogP) is 4.82. The van der Waals surface area contributed by atoms with E-state index in [4.69, 9.17) is 16.3 Å². The molecule has 1 aromatic carbocycles. The molecule has 0 radical (unpaired) electrons. The molecule has 0 heterocycles. The number of carbonyl (C=O) groups is 1. The van der Waals surface area contributed by atoms with Crippen LogP contribution >= 0.6 is 11.6 Å². The van der Waals surface area contributed by atoms with Crippen LogP contribution in [0.25, 0.3) is 0 Å². The lowest BCUT2D eigenvalue weighted by Crippen LogP contribution is -2.39. The molecule has 0 spiro atoms. The Labute approximate surface area is 139 Å². The van der Waals surface area contributed by atoms with Gasteiger partial charge in [0.2, 0.25) is 0 Å². The predicted molar refractivity (Wildman–Crippen MR) is 93.2 cm³/mol. The highest BCUT2D eigenvalue weighted by molar-refractivity contribution is 6.31. The minimum Gasteiger partial charge on any atom is -0.491 e. The molecule has 124 valence electrons. The topological polar surface area (TPSA) is 29.5 Å². The Morgan fingerprint density at radius 2 is 1.86 bits per heavy atom. The number of hydrogen-bond donors (Lipinski definition) is 0. The normalized spacial score (nSPS) is 11.5. The molecule has 0 bridgehead atoms. The van der Waals surface area contributed by atoms with E-state index in [1.807, 2.05) is 6.92 Å². The van der Waals surface area contributed by atoms with E-state index in [1.165, 1.54) is 0 Å². The maximum absolute atomic E-state index is 12.2. The highest BCUT2D eigenvalue weighted by Gasteiger charge is 2.15. The minimum absolute atomic E-state index is 0.0876. The largest absolute Gasteiger partial charge is 0.491 e. The maximum atomic E-state index is 12.2. The van der Waals surface area contributed by atoms with Crippen LogP contribution in [-0.2, 0) is 0 Å². The van der Waals surface area contributed by atoms with Gasteiger partial charge in [0.05, 0.1) is 5.56 Å². The fraction of sp³-hybridized carbons (Fsp3) is 0.611. The molecule has 22 heavy (non-hydrogen) atoms. The van der Waals surface area contributed by atoms with Gasteiger partial charge in [-0.15, -0.1) is 0 Å². The van der Waals surface area contributed by atoms with Crippen molar-refractivity contribution in [1.29, 1.82) is 0 Å². The molecular weight excluding hydrogens is 298 g/mol. The zero-order valence-electron chi connectivity index (χ0n) is 14.4. The first-order valence-corrected chi connectivity index (χ1v) is 8.45. The van der Waals surface area contributed by atoms with Crippen molar-refractivity contribution in [2.24, 2.45) is 0 Å². The smallest absolute Gasteiger partial charge is 0.166 e. The molecule has 0 atom stereocenters. The molecule has 0 aliphatic rings. The lowest BCUT2D eigenvalue weighted by molar-refractivity contribution is 0.0974. The van der Waals surface area contributed by atoms with Crippen LogP contribution in [0.5, 0.6) is 5.75 Å². The van der Waals surface area contributed by atoms with Crippen LogP contribution in [0.1, 0.15) is 57.8 Å². The molecule has 0 aliphatic heterocycles. The Bertz CT molecular complexity index is 478. The van der Waals surface area contributed by atoms with Crippen LogP contribution < -0.4 is 4.74 Å². The summed E-state index contributed by atoms with van der Waals surface area (Å²) in [5.41, 5.74) is 0.593. The van der Waals surface area contributed by atoms with Crippen molar-refractivity contribution in [2.45, 2.75) is 59.5 Å². The molecule has 0 unspecified atom stereocenters. The number of nitrogens with zero attached hydrogens (tertiary/aromatic N) is 1. The molecule has 0 fully saturated rings. The number of halogens is 1. The van der Waals surface area contributed by atoms with Crippen molar-refractivity contribution in [3.63, 3.8) is 0 Å². The summed E-state index contributed by atoms with van der Waals surface area (Å²) in [5, 5.41) is 0.567. The molecule has 0 aliphatic carbocycles. The van der Waals surface area contributed by atoms with Crippen LogP contribution in [0.2, 0.25) is 5.02 Å². The van der Waals surface area contributed by atoms with Crippen molar-refractivity contribution >= 4 is 17.4 Å². The van der Waals surface area contributed by atoms with Gasteiger partial charge in [-0.25, -0.2) is 0 Å². The number of ketones is 1. The fourth-order valence-corrected chi connectivity index (χ4v) is 2.75. The number of Topliss-reactive ketones (excluding diaryl/α,β-unsaturated/α-hetero) is 1. The Hall–Kier alpha value is -1.06. The van der Waals surface area contributed by atoms with Gasteiger partial charge < -0.3 is 4.74 Å². The van der Waals surface area contributed by atoms with E-state index in [1.54, 1.807) is 18.2 Å². The molecule has 0 saturated heterocycles. The summed E-state index contributed by atoms with van der Waals surface area (Å²) in [6.07, 6.45) is 1.33. The van der Waals surface area contributed by atoms with E-state index in [0.717, 1.165) is 13.0 Å². The van der Waals surface area contributed by atoms with Crippen LogP contribution in [-0.4, -0.2) is 35.9 Å². The van der Waals surface area contributed by atoms with Gasteiger partial charge in [-0.1, -0.05) is 18.5 Å². The summed E-state index contributed by atoms with van der Waals surface area (Å²) < 4.78 is 5.87. The van der Waals surface area contributed by atoms with Gasteiger partial charge in [0.1, 0.15) is 12.4 Å².